The van der Waals surface area contributed by atoms with Crippen LogP contribution in [0.2, 0.25) is 0 Å². The molecule has 1 aliphatic carbocycles. The number of carbonyl (C=O) groups is 1. The van der Waals surface area contributed by atoms with Crippen molar-refractivity contribution in [2.24, 2.45) is 11.8 Å². The highest BCUT2D eigenvalue weighted by Crippen LogP contribution is 2.32. The third-order valence-electron chi connectivity index (χ3n) is 4.35. The summed E-state index contributed by atoms with van der Waals surface area (Å²) in [4.78, 5) is 16.5. The molecule has 0 radical (unpaired) electrons. The first-order valence-corrected chi connectivity index (χ1v) is 7.72. The minimum atomic E-state index is 0.292. The zero-order chi connectivity index (χ0) is 13.5. The number of hydrogen-bond donors (Lipinski definition) is 0. The predicted octanol–water partition coefficient (Wildman–Crippen LogP) is 4.19. The Bertz CT molecular complexity index is 380. The van der Waals surface area contributed by atoms with E-state index in [0.29, 0.717) is 18.1 Å². The number of Topliss-reactive ketones (excluding diaryl/α,β-unsaturated/α-hetero) is 1. The first-order valence-electron chi connectivity index (χ1n) is 7.72. The molecule has 0 bridgehead atoms. The molecule has 0 saturated heterocycles. The highest BCUT2D eigenvalue weighted by molar-refractivity contribution is 5.82. The van der Waals surface area contributed by atoms with Gasteiger partial charge in [-0.3, -0.25) is 9.78 Å². The Hall–Kier alpha value is -1.18. The molecule has 0 unspecified atom stereocenters. The highest BCUT2D eigenvalue weighted by atomic mass is 16.1. The topological polar surface area (TPSA) is 30.0 Å². The monoisotopic (exact) mass is 259 g/mol. The maximum atomic E-state index is 12.2. The number of aromatic nitrogens is 1. The second-order valence-corrected chi connectivity index (χ2v) is 5.82. The van der Waals surface area contributed by atoms with Crippen LogP contribution in [0.3, 0.4) is 0 Å². The molecule has 0 aromatic carbocycles. The summed E-state index contributed by atoms with van der Waals surface area (Å²) in [6.07, 6.45) is 11.0. The molecule has 2 heteroatoms. The van der Waals surface area contributed by atoms with Gasteiger partial charge in [0.15, 0.2) is 0 Å². The molecule has 0 aliphatic heterocycles. The minimum Gasteiger partial charge on any atom is -0.299 e. The second-order valence-electron chi connectivity index (χ2n) is 5.82. The average molecular weight is 259 g/mol. The zero-order valence-corrected chi connectivity index (χ0v) is 12.0. The molecular formula is C17H25NO. The van der Waals surface area contributed by atoms with Crippen molar-refractivity contribution in [2.45, 2.75) is 58.3 Å². The normalized spacial score (nSPS) is 23.2. The molecule has 2 rings (SSSR count). The molecule has 1 aliphatic rings. The van der Waals surface area contributed by atoms with Crippen molar-refractivity contribution in [2.75, 3.05) is 0 Å². The van der Waals surface area contributed by atoms with Gasteiger partial charge in [0.05, 0.1) is 0 Å². The molecule has 1 aromatic rings. The second kappa shape index (κ2) is 7.42. The largest absolute Gasteiger partial charge is 0.299 e. The zero-order valence-electron chi connectivity index (χ0n) is 12.0. The lowest BCUT2D eigenvalue weighted by atomic mass is 9.77. The first-order chi connectivity index (χ1) is 9.29. The summed E-state index contributed by atoms with van der Waals surface area (Å²) < 4.78 is 0. The van der Waals surface area contributed by atoms with E-state index in [1.54, 1.807) is 6.20 Å². The van der Waals surface area contributed by atoms with Crippen molar-refractivity contribution in [3.8, 4) is 0 Å². The van der Waals surface area contributed by atoms with E-state index >= 15 is 0 Å². The lowest BCUT2D eigenvalue weighted by Gasteiger charge is -2.27. The summed E-state index contributed by atoms with van der Waals surface area (Å²) in [7, 11) is 0. The molecule has 0 spiro atoms. The molecule has 0 atom stereocenters. The van der Waals surface area contributed by atoms with Crippen LogP contribution in [0.25, 0.3) is 0 Å². The Kier molecular flexibility index (Phi) is 5.56. The van der Waals surface area contributed by atoms with Crippen molar-refractivity contribution in [3.63, 3.8) is 0 Å². The quantitative estimate of drug-likeness (QED) is 0.766. The van der Waals surface area contributed by atoms with Gasteiger partial charge in [0.2, 0.25) is 0 Å². The Balaban J connectivity index is 1.76. The first kappa shape index (κ1) is 14.2. The van der Waals surface area contributed by atoms with Gasteiger partial charge in [-0.2, -0.15) is 0 Å². The fourth-order valence-corrected chi connectivity index (χ4v) is 3.09. The maximum Gasteiger partial charge on any atom is 0.141 e. The Morgan fingerprint density at radius 1 is 1.26 bits per heavy atom. The Labute approximate surface area is 116 Å². The van der Waals surface area contributed by atoms with E-state index in [4.69, 9.17) is 0 Å². The predicted molar refractivity (Wildman–Crippen MR) is 77.9 cm³/mol. The number of rotatable bonds is 6. The van der Waals surface area contributed by atoms with Crippen LogP contribution in [-0.4, -0.2) is 10.8 Å². The van der Waals surface area contributed by atoms with E-state index < -0.39 is 0 Å². The molecule has 1 heterocycles. The van der Waals surface area contributed by atoms with Crippen LogP contribution >= 0.6 is 0 Å². The van der Waals surface area contributed by atoms with E-state index in [2.05, 4.69) is 11.9 Å². The lowest BCUT2D eigenvalue weighted by Crippen LogP contribution is -2.23. The maximum absolute atomic E-state index is 12.2. The van der Waals surface area contributed by atoms with Gasteiger partial charge >= 0.3 is 0 Å². The fraction of sp³-hybridized carbons (Fsp3) is 0.647. The van der Waals surface area contributed by atoms with Gasteiger partial charge in [0, 0.05) is 24.2 Å². The van der Waals surface area contributed by atoms with Crippen LogP contribution < -0.4 is 0 Å². The number of carbonyl (C=O) groups excluding carboxylic acids is 1. The summed E-state index contributed by atoms with van der Waals surface area (Å²) in [6, 6.07) is 5.80. The summed E-state index contributed by atoms with van der Waals surface area (Å²) in [5.74, 6) is 1.56. The molecular weight excluding hydrogens is 234 g/mol. The number of unbranched alkanes of at least 4 members (excludes halogenated alkanes) is 1. The van der Waals surface area contributed by atoms with Crippen LogP contribution in [0.1, 0.15) is 57.6 Å². The summed E-state index contributed by atoms with van der Waals surface area (Å²) in [5.41, 5.74) is 0.917. The van der Waals surface area contributed by atoms with Crippen molar-refractivity contribution >= 4 is 5.78 Å². The number of pyridine rings is 1. The lowest BCUT2D eigenvalue weighted by molar-refractivity contribution is -0.123. The summed E-state index contributed by atoms with van der Waals surface area (Å²) in [5, 5.41) is 0. The van der Waals surface area contributed by atoms with Gasteiger partial charge < -0.3 is 0 Å². The van der Waals surface area contributed by atoms with E-state index in [9.17, 15) is 4.79 Å². The smallest absolute Gasteiger partial charge is 0.141 e. The van der Waals surface area contributed by atoms with Crippen molar-refractivity contribution in [1.82, 2.24) is 4.98 Å². The highest BCUT2D eigenvalue weighted by Gasteiger charge is 2.25. The Morgan fingerprint density at radius 2 is 2.05 bits per heavy atom. The molecule has 19 heavy (non-hydrogen) atoms. The van der Waals surface area contributed by atoms with Gasteiger partial charge in [-0.25, -0.2) is 0 Å². The van der Waals surface area contributed by atoms with Crippen LogP contribution in [0.4, 0.5) is 0 Å². The standard InChI is InChI=1S/C17H25NO/c1-2-3-6-14-8-10-15(11-9-14)17(19)13-16-7-4-5-12-18-16/h4-5,7,12,14-15H,2-3,6,8-11,13H2,1H3. The van der Waals surface area contributed by atoms with Crippen LogP contribution in [-0.2, 0) is 11.2 Å². The third-order valence-corrected chi connectivity index (χ3v) is 4.35. The van der Waals surface area contributed by atoms with Gasteiger partial charge in [-0.15, -0.1) is 0 Å². The van der Waals surface area contributed by atoms with Crippen molar-refractivity contribution in [1.29, 1.82) is 0 Å². The van der Waals surface area contributed by atoms with Crippen LogP contribution in [0.5, 0.6) is 0 Å². The molecule has 1 saturated carbocycles. The number of hydrogen-bond acceptors (Lipinski definition) is 2. The minimum absolute atomic E-state index is 0.292. The van der Waals surface area contributed by atoms with Gasteiger partial charge in [0.25, 0.3) is 0 Å². The van der Waals surface area contributed by atoms with E-state index in [1.165, 1.54) is 32.1 Å². The number of ketones is 1. The van der Waals surface area contributed by atoms with Crippen molar-refractivity contribution < 1.29 is 4.79 Å². The van der Waals surface area contributed by atoms with Gasteiger partial charge in [-0.05, 0) is 43.7 Å². The van der Waals surface area contributed by atoms with E-state index in [0.717, 1.165) is 24.5 Å². The SMILES string of the molecule is CCCCC1CCC(C(=O)Cc2ccccn2)CC1. The Morgan fingerprint density at radius 3 is 2.68 bits per heavy atom. The molecule has 1 fully saturated rings. The molecule has 1 aromatic heterocycles. The van der Waals surface area contributed by atoms with E-state index in [1.807, 2.05) is 18.2 Å². The molecule has 0 amide bonds. The molecule has 0 N–H and O–H groups in total. The fourth-order valence-electron chi connectivity index (χ4n) is 3.09. The molecule has 104 valence electrons. The van der Waals surface area contributed by atoms with Crippen molar-refractivity contribution in [3.05, 3.63) is 30.1 Å². The van der Waals surface area contributed by atoms with Crippen LogP contribution in [0, 0.1) is 11.8 Å². The third kappa shape index (κ3) is 4.45. The summed E-state index contributed by atoms with van der Waals surface area (Å²) >= 11 is 0. The summed E-state index contributed by atoms with van der Waals surface area (Å²) in [6.45, 7) is 2.25. The molecule has 2 nitrogen and oxygen atoms in total. The average Bonchev–Trinajstić information content (AvgIpc) is 2.46. The van der Waals surface area contributed by atoms with Gasteiger partial charge in [-0.1, -0.05) is 32.3 Å². The van der Waals surface area contributed by atoms with Crippen LogP contribution in [0.15, 0.2) is 24.4 Å². The van der Waals surface area contributed by atoms with Gasteiger partial charge in [0.1, 0.15) is 5.78 Å². The van der Waals surface area contributed by atoms with E-state index in [-0.39, 0.29) is 0 Å². The number of nitrogens with zero attached hydrogens (tertiary/aromatic N) is 1.